The minimum atomic E-state index is -4.55. The molecule has 1 amide bonds. The highest BCUT2D eigenvalue weighted by Crippen LogP contribution is 2.38. The van der Waals surface area contributed by atoms with E-state index in [1.165, 1.54) is 17.0 Å². The number of rotatable bonds is 5. The Kier molecular flexibility index (Phi) is 5.68. The van der Waals surface area contributed by atoms with Crippen LogP contribution in [-0.4, -0.2) is 25.4 Å². The number of amides is 1. The molecular formula is C13H15ClF3NO2. The predicted octanol–water partition coefficient (Wildman–Crippen LogP) is 3.70. The van der Waals surface area contributed by atoms with Crippen molar-refractivity contribution in [3.8, 4) is 5.75 Å². The van der Waals surface area contributed by atoms with Gasteiger partial charge in [-0.05, 0) is 24.6 Å². The van der Waals surface area contributed by atoms with Gasteiger partial charge in [-0.2, -0.15) is 13.2 Å². The zero-order valence-corrected chi connectivity index (χ0v) is 11.9. The van der Waals surface area contributed by atoms with Crippen LogP contribution in [0.15, 0.2) is 18.2 Å². The van der Waals surface area contributed by atoms with Gasteiger partial charge < -0.3 is 9.64 Å². The Morgan fingerprint density at radius 3 is 2.50 bits per heavy atom. The van der Waals surface area contributed by atoms with Crippen LogP contribution in [0.2, 0.25) is 0 Å². The molecule has 0 aliphatic carbocycles. The van der Waals surface area contributed by atoms with E-state index in [4.69, 9.17) is 16.3 Å². The molecule has 0 saturated heterocycles. The summed E-state index contributed by atoms with van der Waals surface area (Å²) in [6.07, 6.45) is -3.95. The summed E-state index contributed by atoms with van der Waals surface area (Å²) in [5.41, 5.74) is -0.758. The van der Waals surface area contributed by atoms with Crippen LogP contribution in [0.4, 0.5) is 18.9 Å². The number of nitrogens with zero attached hydrogens (tertiary/aromatic N) is 1. The number of hydrogen-bond donors (Lipinski definition) is 0. The highest BCUT2D eigenvalue weighted by Gasteiger charge is 2.35. The van der Waals surface area contributed by atoms with Crippen LogP contribution < -0.4 is 9.64 Å². The molecule has 0 heterocycles. The van der Waals surface area contributed by atoms with Crippen molar-refractivity contribution in [2.24, 2.45) is 0 Å². The normalized spacial score (nSPS) is 11.3. The summed E-state index contributed by atoms with van der Waals surface area (Å²) in [6, 6.07) is 3.51. The van der Waals surface area contributed by atoms with E-state index < -0.39 is 17.6 Å². The molecule has 0 N–H and O–H groups in total. The lowest BCUT2D eigenvalue weighted by atomic mass is 10.1. The maximum atomic E-state index is 12.9. The average molecular weight is 310 g/mol. The zero-order chi connectivity index (χ0) is 15.3. The minimum absolute atomic E-state index is 0.158. The first-order valence-corrected chi connectivity index (χ1v) is 6.50. The first-order chi connectivity index (χ1) is 9.35. The fourth-order valence-electron chi connectivity index (χ4n) is 1.78. The monoisotopic (exact) mass is 309 g/mol. The lowest BCUT2D eigenvalue weighted by Crippen LogP contribution is -2.32. The van der Waals surface area contributed by atoms with Gasteiger partial charge in [0.1, 0.15) is 11.6 Å². The van der Waals surface area contributed by atoms with E-state index >= 15 is 0 Å². The van der Waals surface area contributed by atoms with Crippen LogP contribution in [0, 0.1) is 0 Å². The molecule has 0 aromatic heterocycles. The number of halogens is 4. The third-order valence-electron chi connectivity index (χ3n) is 2.66. The van der Waals surface area contributed by atoms with Gasteiger partial charge in [0.2, 0.25) is 5.91 Å². The highest BCUT2D eigenvalue weighted by atomic mass is 35.5. The standard InChI is InChI=1S/C13H15ClF3NO2/c1-3-6-18(12(19)8-14)9-4-5-11(20-2)10(7-9)13(15,16)17/h4-5,7H,3,6,8H2,1-2H3. The molecular weight excluding hydrogens is 295 g/mol. The van der Waals surface area contributed by atoms with Crippen molar-refractivity contribution in [2.45, 2.75) is 19.5 Å². The van der Waals surface area contributed by atoms with Gasteiger partial charge in [0.25, 0.3) is 0 Å². The topological polar surface area (TPSA) is 29.5 Å². The number of carbonyl (C=O) groups excluding carboxylic acids is 1. The lowest BCUT2D eigenvalue weighted by Gasteiger charge is -2.23. The molecule has 0 atom stereocenters. The number of ether oxygens (including phenoxy) is 1. The Bertz CT molecular complexity index is 477. The predicted molar refractivity (Wildman–Crippen MR) is 71.4 cm³/mol. The molecule has 0 radical (unpaired) electrons. The second-order valence-electron chi connectivity index (χ2n) is 4.06. The van der Waals surface area contributed by atoms with Crippen LogP contribution in [0.5, 0.6) is 5.75 Å². The van der Waals surface area contributed by atoms with Crippen molar-refractivity contribution in [3.05, 3.63) is 23.8 Å². The Balaban J connectivity index is 3.27. The van der Waals surface area contributed by atoms with Gasteiger partial charge in [-0.1, -0.05) is 6.92 Å². The van der Waals surface area contributed by atoms with Crippen molar-refractivity contribution in [1.29, 1.82) is 0 Å². The van der Waals surface area contributed by atoms with E-state index in [1.54, 1.807) is 0 Å². The molecule has 0 spiro atoms. The summed E-state index contributed by atoms with van der Waals surface area (Å²) >= 11 is 5.48. The van der Waals surface area contributed by atoms with Gasteiger partial charge in [-0.3, -0.25) is 4.79 Å². The summed E-state index contributed by atoms with van der Waals surface area (Å²) in [6.45, 7) is 2.12. The molecule has 0 saturated carbocycles. The summed E-state index contributed by atoms with van der Waals surface area (Å²) in [4.78, 5) is 12.9. The Morgan fingerprint density at radius 2 is 2.05 bits per heavy atom. The molecule has 0 aliphatic rings. The van der Waals surface area contributed by atoms with Gasteiger partial charge in [-0.25, -0.2) is 0 Å². The zero-order valence-electron chi connectivity index (χ0n) is 11.1. The fraction of sp³-hybridized carbons (Fsp3) is 0.462. The van der Waals surface area contributed by atoms with E-state index in [2.05, 4.69) is 0 Å². The number of benzene rings is 1. The molecule has 1 aromatic rings. The average Bonchev–Trinajstić information content (AvgIpc) is 2.42. The SMILES string of the molecule is CCCN(C(=O)CCl)c1ccc(OC)c(C(F)(F)F)c1. The van der Waals surface area contributed by atoms with Crippen molar-refractivity contribution in [1.82, 2.24) is 0 Å². The van der Waals surface area contributed by atoms with Crippen LogP contribution in [-0.2, 0) is 11.0 Å². The molecule has 20 heavy (non-hydrogen) atoms. The lowest BCUT2D eigenvalue weighted by molar-refractivity contribution is -0.138. The maximum absolute atomic E-state index is 12.9. The molecule has 7 heteroatoms. The van der Waals surface area contributed by atoms with E-state index in [-0.39, 0.29) is 17.3 Å². The maximum Gasteiger partial charge on any atom is 0.420 e. The summed E-state index contributed by atoms with van der Waals surface area (Å²) in [5, 5.41) is 0. The summed E-state index contributed by atoms with van der Waals surface area (Å²) in [7, 11) is 1.16. The van der Waals surface area contributed by atoms with E-state index in [0.717, 1.165) is 13.2 Å². The van der Waals surface area contributed by atoms with Gasteiger partial charge >= 0.3 is 6.18 Å². The van der Waals surface area contributed by atoms with E-state index in [9.17, 15) is 18.0 Å². The largest absolute Gasteiger partial charge is 0.496 e. The molecule has 1 aromatic carbocycles. The van der Waals surface area contributed by atoms with Gasteiger partial charge in [0, 0.05) is 12.2 Å². The van der Waals surface area contributed by atoms with Gasteiger partial charge in [-0.15, -0.1) is 11.6 Å². The van der Waals surface area contributed by atoms with Crippen molar-refractivity contribution >= 4 is 23.2 Å². The van der Waals surface area contributed by atoms with Crippen molar-refractivity contribution in [3.63, 3.8) is 0 Å². The Morgan fingerprint density at radius 1 is 1.40 bits per heavy atom. The molecule has 0 unspecified atom stereocenters. The second-order valence-corrected chi connectivity index (χ2v) is 4.33. The first-order valence-electron chi connectivity index (χ1n) is 5.96. The van der Waals surface area contributed by atoms with Crippen LogP contribution in [0.3, 0.4) is 0 Å². The molecule has 112 valence electrons. The molecule has 0 aliphatic heterocycles. The van der Waals surface area contributed by atoms with Crippen LogP contribution in [0.1, 0.15) is 18.9 Å². The van der Waals surface area contributed by atoms with Crippen molar-refractivity contribution in [2.75, 3.05) is 24.4 Å². The smallest absolute Gasteiger partial charge is 0.420 e. The summed E-state index contributed by atoms with van der Waals surface area (Å²) < 4.78 is 43.5. The van der Waals surface area contributed by atoms with E-state index in [0.29, 0.717) is 13.0 Å². The number of hydrogen-bond acceptors (Lipinski definition) is 2. The molecule has 1 rings (SSSR count). The van der Waals surface area contributed by atoms with Crippen LogP contribution >= 0.6 is 11.6 Å². The minimum Gasteiger partial charge on any atom is -0.496 e. The van der Waals surface area contributed by atoms with Crippen LogP contribution in [0.25, 0.3) is 0 Å². The van der Waals surface area contributed by atoms with Gasteiger partial charge in [0.15, 0.2) is 0 Å². The number of alkyl halides is 4. The van der Waals surface area contributed by atoms with E-state index in [1.807, 2.05) is 6.92 Å². The van der Waals surface area contributed by atoms with Gasteiger partial charge in [0.05, 0.1) is 12.7 Å². The molecule has 3 nitrogen and oxygen atoms in total. The highest BCUT2D eigenvalue weighted by molar-refractivity contribution is 6.29. The number of carbonyl (C=O) groups is 1. The quantitative estimate of drug-likeness (QED) is 0.776. The Hall–Kier alpha value is -1.43. The number of methoxy groups -OCH3 is 1. The summed E-state index contributed by atoms with van der Waals surface area (Å²) in [5.74, 6) is -1.00. The van der Waals surface area contributed by atoms with Crippen molar-refractivity contribution < 1.29 is 22.7 Å². The second kappa shape index (κ2) is 6.83. The first kappa shape index (κ1) is 16.6. The number of anilines is 1. The third kappa shape index (κ3) is 3.79. The fourth-order valence-corrected chi connectivity index (χ4v) is 1.92. The third-order valence-corrected chi connectivity index (χ3v) is 2.89. The molecule has 0 fully saturated rings. The molecule has 0 bridgehead atoms. The Labute approximate surface area is 120 Å².